The molecule has 5 heteroatoms. The minimum atomic E-state index is -0.898. The van der Waals surface area contributed by atoms with Crippen LogP contribution >= 0.6 is 11.6 Å². The largest absolute Gasteiger partial charge is 0.481 e. The van der Waals surface area contributed by atoms with E-state index in [-0.39, 0.29) is 12.5 Å². The van der Waals surface area contributed by atoms with Gasteiger partial charge in [-0.15, -0.1) is 0 Å². The van der Waals surface area contributed by atoms with Crippen LogP contribution in [0.5, 0.6) is 0 Å². The monoisotopic (exact) mass is 283 g/mol. The molecule has 0 saturated carbocycles. The third kappa shape index (κ3) is 4.91. The zero-order valence-electron chi connectivity index (χ0n) is 11.1. The van der Waals surface area contributed by atoms with Crippen molar-refractivity contribution in [2.45, 2.75) is 26.8 Å². The summed E-state index contributed by atoms with van der Waals surface area (Å²) < 4.78 is 0. The summed E-state index contributed by atoms with van der Waals surface area (Å²) in [4.78, 5) is 24.3. The molecule has 0 spiro atoms. The highest BCUT2D eigenvalue weighted by Gasteiger charge is 2.19. The lowest BCUT2D eigenvalue weighted by molar-refractivity contribution is -0.143. The molecule has 1 unspecified atom stereocenters. The molecule has 1 atom stereocenters. The number of carboxylic acid groups (broad SMARTS) is 1. The first-order valence-corrected chi connectivity index (χ1v) is 6.56. The van der Waals surface area contributed by atoms with Crippen LogP contribution in [0.3, 0.4) is 0 Å². The predicted octanol–water partition coefficient (Wildman–Crippen LogP) is 2.80. The van der Waals surface area contributed by atoms with Crippen LogP contribution < -0.4 is 0 Å². The van der Waals surface area contributed by atoms with Crippen LogP contribution in [0.4, 0.5) is 0 Å². The van der Waals surface area contributed by atoms with E-state index in [4.69, 9.17) is 16.7 Å². The van der Waals surface area contributed by atoms with Gasteiger partial charge >= 0.3 is 5.97 Å². The minimum Gasteiger partial charge on any atom is -0.481 e. The summed E-state index contributed by atoms with van der Waals surface area (Å²) in [6.07, 6.45) is 0.361. The number of aliphatic carboxylic acids is 1. The first-order valence-electron chi connectivity index (χ1n) is 6.19. The second-order valence-electron chi connectivity index (χ2n) is 4.49. The fraction of sp³-hybridized carbons (Fsp3) is 0.429. The molecular formula is C14H18ClNO3. The number of halogens is 1. The maximum atomic E-state index is 11.8. The summed E-state index contributed by atoms with van der Waals surface area (Å²) in [6.45, 7) is 3.98. The predicted molar refractivity (Wildman–Crippen MR) is 74.0 cm³/mol. The van der Waals surface area contributed by atoms with Crippen LogP contribution in [0, 0.1) is 5.92 Å². The lowest BCUT2D eigenvalue weighted by Gasteiger charge is -2.24. The molecule has 1 rings (SSSR count). The maximum absolute atomic E-state index is 11.8. The second-order valence-corrected chi connectivity index (χ2v) is 4.93. The number of carbonyl (C=O) groups is 2. The van der Waals surface area contributed by atoms with Crippen molar-refractivity contribution in [3.63, 3.8) is 0 Å². The number of carboxylic acids is 1. The molecule has 0 saturated heterocycles. The van der Waals surface area contributed by atoms with E-state index < -0.39 is 11.9 Å². The van der Waals surface area contributed by atoms with Crippen LogP contribution in [0.25, 0.3) is 0 Å². The van der Waals surface area contributed by atoms with E-state index in [2.05, 4.69) is 0 Å². The number of nitrogens with zero attached hydrogens (tertiary/aromatic N) is 1. The van der Waals surface area contributed by atoms with Gasteiger partial charge in [-0.1, -0.05) is 37.6 Å². The Hall–Kier alpha value is -1.55. The van der Waals surface area contributed by atoms with Crippen LogP contribution in [0.1, 0.15) is 25.8 Å². The van der Waals surface area contributed by atoms with Crippen molar-refractivity contribution in [1.29, 1.82) is 0 Å². The topological polar surface area (TPSA) is 57.6 Å². The van der Waals surface area contributed by atoms with Gasteiger partial charge in [0.05, 0.1) is 5.92 Å². The summed E-state index contributed by atoms with van der Waals surface area (Å²) in [5, 5.41) is 9.57. The van der Waals surface area contributed by atoms with Crippen LogP contribution in [0.15, 0.2) is 24.3 Å². The van der Waals surface area contributed by atoms with E-state index in [9.17, 15) is 9.59 Å². The maximum Gasteiger partial charge on any atom is 0.308 e. The first-order chi connectivity index (χ1) is 8.93. The fourth-order valence-corrected chi connectivity index (χ4v) is 1.82. The molecule has 0 radical (unpaired) electrons. The molecule has 0 bridgehead atoms. The molecular weight excluding hydrogens is 266 g/mol. The second kappa shape index (κ2) is 7.14. The molecule has 4 nitrogen and oxygen atoms in total. The molecule has 0 aliphatic rings. The summed E-state index contributed by atoms with van der Waals surface area (Å²) in [7, 11) is 0. The van der Waals surface area contributed by atoms with E-state index >= 15 is 0 Å². The van der Waals surface area contributed by atoms with Crippen molar-refractivity contribution in [1.82, 2.24) is 4.90 Å². The Morgan fingerprint density at radius 3 is 2.37 bits per heavy atom. The van der Waals surface area contributed by atoms with Crippen molar-refractivity contribution in [3.8, 4) is 0 Å². The highest BCUT2D eigenvalue weighted by molar-refractivity contribution is 6.30. The lowest BCUT2D eigenvalue weighted by Crippen LogP contribution is -2.36. The lowest BCUT2D eigenvalue weighted by atomic mass is 10.1. The van der Waals surface area contributed by atoms with Gasteiger partial charge in [0, 0.05) is 24.5 Å². The number of amides is 1. The van der Waals surface area contributed by atoms with E-state index in [0.29, 0.717) is 18.0 Å². The number of carbonyl (C=O) groups excluding carboxylic acids is 1. The Kier molecular flexibility index (Phi) is 5.83. The van der Waals surface area contributed by atoms with Gasteiger partial charge in [-0.2, -0.15) is 0 Å². The van der Waals surface area contributed by atoms with E-state index in [1.807, 2.05) is 12.1 Å². The fourth-order valence-electron chi connectivity index (χ4n) is 1.70. The SMILES string of the molecule is CCC(=O)N(Cc1ccc(Cl)cc1)CC(C)C(=O)O. The van der Waals surface area contributed by atoms with Gasteiger partial charge in [-0.3, -0.25) is 9.59 Å². The molecule has 0 aromatic heterocycles. The van der Waals surface area contributed by atoms with Gasteiger partial charge in [0.2, 0.25) is 5.91 Å². The highest BCUT2D eigenvalue weighted by atomic mass is 35.5. The molecule has 1 amide bonds. The third-order valence-electron chi connectivity index (χ3n) is 2.86. The van der Waals surface area contributed by atoms with Crippen molar-refractivity contribution in [3.05, 3.63) is 34.9 Å². The quantitative estimate of drug-likeness (QED) is 0.873. The molecule has 104 valence electrons. The molecule has 0 heterocycles. The van der Waals surface area contributed by atoms with E-state index in [0.717, 1.165) is 5.56 Å². The minimum absolute atomic E-state index is 0.0527. The van der Waals surface area contributed by atoms with Gasteiger partial charge in [0.1, 0.15) is 0 Å². The molecule has 0 fully saturated rings. The standard InChI is InChI=1S/C14H18ClNO3/c1-3-13(17)16(8-10(2)14(18)19)9-11-4-6-12(15)7-5-11/h4-7,10H,3,8-9H2,1-2H3,(H,18,19). The van der Waals surface area contributed by atoms with Gasteiger partial charge in [0.25, 0.3) is 0 Å². The zero-order valence-corrected chi connectivity index (χ0v) is 11.9. The molecule has 0 aliphatic heterocycles. The smallest absolute Gasteiger partial charge is 0.308 e. The first kappa shape index (κ1) is 15.5. The van der Waals surface area contributed by atoms with Gasteiger partial charge in [0.15, 0.2) is 0 Å². The summed E-state index contributed by atoms with van der Waals surface area (Å²) in [5.74, 6) is -1.53. The number of hydrogen-bond donors (Lipinski definition) is 1. The Balaban J connectivity index is 2.77. The number of benzene rings is 1. The summed E-state index contributed by atoms with van der Waals surface area (Å²) in [6, 6.07) is 7.19. The van der Waals surface area contributed by atoms with Crippen molar-refractivity contribution >= 4 is 23.5 Å². The number of hydrogen-bond acceptors (Lipinski definition) is 2. The van der Waals surface area contributed by atoms with Crippen molar-refractivity contribution in [2.75, 3.05) is 6.54 Å². The molecule has 1 aromatic carbocycles. The van der Waals surface area contributed by atoms with Crippen LogP contribution in [0.2, 0.25) is 5.02 Å². The average molecular weight is 284 g/mol. The Morgan fingerprint density at radius 2 is 1.89 bits per heavy atom. The average Bonchev–Trinajstić information content (AvgIpc) is 2.39. The Labute approximate surface area is 118 Å². The normalized spacial score (nSPS) is 11.9. The number of rotatable bonds is 6. The molecule has 0 aliphatic carbocycles. The molecule has 19 heavy (non-hydrogen) atoms. The summed E-state index contributed by atoms with van der Waals surface area (Å²) in [5.41, 5.74) is 0.934. The van der Waals surface area contributed by atoms with Crippen LogP contribution in [-0.2, 0) is 16.1 Å². The Bertz CT molecular complexity index is 445. The molecule has 1 aromatic rings. The third-order valence-corrected chi connectivity index (χ3v) is 3.11. The van der Waals surface area contributed by atoms with Gasteiger partial charge in [-0.25, -0.2) is 0 Å². The van der Waals surface area contributed by atoms with Crippen molar-refractivity contribution in [2.24, 2.45) is 5.92 Å². The highest BCUT2D eigenvalue weighted by Crippen LogP contribution is 2.13. The van der Waals surface area contributed by atoms with E-state index in [1.54, 1.807) is 30.9 Å². The summed E-state index contributed by atoms with van der Waals surface area (Å²) >= 11 is 5.81. The van der Waals surface area contributed by atoms with Crippen LogP contribution in [-0.4, -0.2) is 28.4 Å². The van der Waals surface area contributed by atoms with Gasteiger partial charge in [-0.05, 0) is 17.7 Å². The molecule has 1 N–H and O–H groups in total. The Morgan fingerprint density at radius 1 is 1.32 bits per heavy atom. The van der Waals surface area contributed by atoms with Gasteiger partial charge < -0.3 is 10.0 Å². The van der Waals surface area contributed by atoms with E-state index in [1.165, 1.54) is 0 Å². The zero-order chi connectivity index (χ0) is 14.4. The van der Waals surface area contributed by atoms with Crippen molar-refractivity contribution < 1.29 is 14.7 Å².